The van der Waals surface area contributed by atoms with Gasteiger partial charge in [0.05, 0.1) is 16.0 Å². The minimum atomic E-state index is -0.362. The Kier molecular flexibility index (Phi) is 3.42. The monoisotopic (exact) mass is 225 g/mol. The highest BCUT2D eigenvalue weighted by atomic mass is 32.1. The van der Waals surface area contributed by atoms with Gasteiger partial charge in [0.25, 0.3) is 0 Å². The van der Waals surface area contributed by atoms with E-state index in [-0.39, 0.29) is 6.10 Å². The van der Waals surface area contributed by atoms with Crippen molar-refractivity contribution in [1.29, 1.82) is 0 Å². The zero-order valence-electron chi connectivity index (χ0n) is 9.44. The van der Waals surface area contributed by atoms with Crippen molar-refractivity contribution < 1.29 is 5.11 Å². The molecule has 1 aliphatic carbocycles. The van der Waals surface area contributed by atoms with E-state index in [1.54, 1.807) is 18.3 Å². The zero-order valence-corrected chi connectivity index (χ0v) is 10.3. The molecule has 84 valence electrons. The molecule has 0 aliphatic heterocycles. The molecular formula is C12H19NOS. The lowest BCUT2D eigenvalue weighted by molar-refractivity contribution is 0.203. The SMILES string of the molecule is CC1CCC(c2ncc(C(C)O)s2)CC1. The van der Waals surface area contributed by atoms with Crippen molar-refractivity contribution in [2.24, 2.45) is 5.92 Å². The number of rotatable bonds is 2. The Morgan fingerprint density at radius 3 is 2.60 bits per heavy atom. The first-order valence-electron chi connectivity index (χ1n) is 5.80. The minimum Gasteiger partial charge on any atom is -0.388 e. The van der Waals surface area contributed by atoms with Gasteiger partial charge in [0, 0.05) is 12.1 Å². The van der Waals surface area contributed by atoms with Crippen molar-refractivity contribution in [3.05, 3.63) is 16.1 Å². The van der Waals surface area contributed by atoms with Crippen molar-refractivity contribution >= 4 is 11.3 Å². The topological polar surface area (TPSA) is 33.1 Å². The van der Waals surface area contributed by atoms with Gasteiger partial charge in [0.1, 0.15) is 0 Å². The maximum atomic E-state index is 9.45. The van der Waals surface area contributed by atoms with E-state index in [1.165, 1.54) is 30.7 Å². The molecule has 1 fully saturated rings. The second-order valence-corrected chi connectivity index (χ2v) is 5.83. The number of aliphatic hydroxyl groups excluding tert-OH is 1. The molecule has 0 amide bonds. The Morgan fingerprint density at radius 1 is 1.40 bits per heavy atom. The molecule has 1 aliphatic rings. The molecule has 0 saturated heterocycles. The second-order valence-electron chi connectivity index (χ2n) is 4.73. The summed E-state index contributed by atoms with van der Waals surface area (Å²) in [4.78, 5) is 5.45. The quantitative estimate of drug-likeness (QED) is 0.835. The van der Waals surface area contributed by atoms with Crippen molar-refractivity contribution in [3.63, 3.8) is 0 Å². The average Bonchev–Trinajstić information content (AvgIpc) is 2.68. The molecule has 1 N–H and O–H groups in total. The van der Waals surface area contributed by atoms with Gasteiger partial charge in [-0.25, -0.2) is 4.98 Å². The van der Waals surface area contributed by atoms with Gasteiger partial charge in [-0.2, -0.15) is 0 Å². The number of nitrogens with zero attached hydrogens (tertiary/aromatic N) is 1. The Hall–Kier alpha value is -0.410. The maximum Gasteiger partial charge on any atom is 0.0959 e. The van der Waals surface area contributed by atoms with Crippen LogP contribution in [0.1, 0.15) is 61.4 Å². The lowest BCUT2D eigenvalue weighted by atomic mass is 9.83. The third kappa shape index (κ3) is 2.58. The normalized spacial score (nSPS) is 29.0. The van der Waals surface area contributed by atoms with Crippen molar-refractivity contribution in [2.45, 2.75) is 51.6 Å². The molecule has 1 saturated carbocycles. The van der Waals surface area contributed by atoms with E-state index in [9.17, 15) is 5.11 Å². The Labute approximate surface area is 95.4 Å². The third-order valence-electron chi connectivity index (χ3n) is 3.32. The highest BCUT2D eigenvalue weighted by Gasteiger charge is 2.22. The summed E-state index contributed by atoms with van der Waals surface area (Å²) in [5.41, 5.74) is 0. The van der Waals surface area contributed by atoms with Gasteiger partial charge in [-0.15, -0.1) is 11.3 Å². The van der Waals surface area contributed by atoms with Gasteiger partial charge < -0.3 is 5.11 Å². The van der Waals surface area contributed by atoms with Crippen LogP contribution >= 0.6 is 11.3 Å². The van der Waals surface area contributed by atoms with Crippen LogP contribution in [0, 0.1) is 5.92 Å². The van der Waals surface area contributed by atoms with Crippen LogP contribution in [0.3, 0.4) is 0 Å². The Balaban J connectivity index is 2.03. The van der Waals surface area contributed by atoms with Gasteiger partial charge in [-0.1, -0.05) is 19.8 Å². The highest BCUT2D eigenvalue weighted by Crippen LogP contribution is 2.37. The highest BCUT2D eigenvalue weighted by molar-refractivity contribution is 7.11. The molecule has 15 heavy (non-hydrogen) atoms. The van der Waals surface area contributed by atoms with Gasteiger partial charge in [0.2, 0.25) is 0 Å². The Morgan fingerprint density at radius 2 is 2.07 bits per heavy atom. The molecule has 0 spiro atoms. The summed E-state index contributed by atoms with van der Waals surface area (Å²) < 4.78 is 0. The summed E-state index contributed by atoms with van der Waals surface area (Å²) in [7, 11) is 0. The van der Waals surface area contributed by atoms with E-state index < -0.39 is 0 Å². The first-order chi connectivity index (χ1) is 7.16. The van der Waals surface area contributed by atoms with Gasteiger partial charge in [-0.3, -0.25) is 0 Å². The first kappa shape index (κ1) is 11.1. The molecule has 0 aromatic carbocycles. The molecule has 0 bridgehead atoms. The van der Waals surface area contributed by atoms with Crippen LogP contribution in [0.15, 0.2) is 6.20 Å². The molecule has 1 aromatic rings. The van der Waals surface area contributed by atoms with E-state index in [0.717, 1.165) is 10.8 Å². The molecule has 1 unspecified atom stereocenters. The van der Waals surface area contributed by atoms with E-state index >= 15 is 0 Å². The average molecular weight is 225 g/mol. The number of thiazole rings is 1. The van der Waals surface area contributed by atoms with Crippen LogP contribution < -0.4 is 0 Å². The van der Waals surface area contributed by atoms with E-state index in [0.29, 0.717) is 5.92 Å². The second kappa shape index (κ2) is 4.62. The summed E-state index contributed by atoms with van der Waals surface area (Å²) in [6.07, 6.45) is 6.67. The molecule has 2 rings (SSSR count). The van der Waals surface area contributed by atoms with Crippen LogP contribution in [0.4, 0.5) is 0 Å². The number of aromatic nitrogens is 1. The molecule has 2 nitrogen and oxygen atoms in total. The Bertz CT molecular complexity index is 313. The van der Waals surface area contributed by atoms with Crippen LogP contribution in [-0.4, -0.2) is 10.1 Å². The van der Waals surface area contributed by atoms with E-state index in [4.69, 9.17) is 0 Å². The fourth-order valence-corrected chi connectivity index (χ4v) is 3.21. The van der Waals surface area contributed by atoms with Gasteiger partial charge >= 0.3 is 0 Å². The number of aliphatic hydroxyl groups is 1. The predicted molar refractivity (Wildman–Crippen MR) is 63.1 cm³/mol. The van der Waals surface area contributed by atoms with Crippen LogP contribution in [0.2, 0.25) is 0 Å². The fourth-order valence-electron chi connectivity index (χ4n) is 2.19. The van der Waals surface area contributed by atoms with Crippen molar-refractivity contribution in [3.8, 4) is 0 Å². The molecule has 1 heterocycles. The van der Waals surface area contributed by atoms with Crippen LogP contribution in [0.5, 0.6) is 0 Å². The summed E-state index contributed by atoms with van der Waals surface area (Å²) in [6.45, 7) is 4.14. The molecule has 3 heteroatoms. The molecule has 1 atom stereocenters. The third-order valence-corrected chi connectivity index (χ3v) is 4.65. The largest absolute Gasteiger partial charge is 0.388 e. The lowest BCUT2D eigenvalue weighted by Gasteiger charge is -2.24. The minimum absolute atomic E-state index is 0.362. The van der Waals surface area contributed by atoms with Crippen LogP contribution in [-0.2, 0) is 0 Å². The van der Waals surface area contributed by atoms with Gasteiger partial charge in [-0.05, 0) is 25.7 Å². The zero-order chi connectivity index (χ0) is 10.8. The summed E-state index contributed by atoms with van der Waals surface area (Å²) >= 11 is 1.69. The summed E-state index contributed by atoms with van der Waals surface area (Å²) in [5.74, 6) is 1.54. The lowest BCUT2D eigenvalue weighted by Crippen LogP contribution is -2.10. The number of hydrogen-bond donors (Lipinski definition) is 1. The summed E-state index contributed by atoms with van der Waals surface area (Å²) in [5, 5.41) is 10.7. The smallest absolute Gasteiger partial charge is 0.0959 e. The molecular weight excluding hydrogens is 206 g/mol. The van der Waals surface area contributed by atoms with E-state index in [2.05, 4.69) is 11.9 Å². The van der Waals surface area contributed by atoms with Crippen LogP contribution in [0.25, 0.3) is 0 Å². The molecule has 1 aromatic heterocycles. The van der Waals surface area contributed by atoms with Crippen molar-refractivity contribution in [1.82, 2.24) is 4.98 Å². The summed E-state index contributed by atoms with van der Waals surface area (Å²) in [6, 6.07) is 0. The van der Waals surface area contributed by atoms with Gasteiger partial charge in [0.15, 0.2) is 0 Å². The van der Waals surface area contributed by atoms with Crippen molar-refractivity contribution in [2.75, 3.05) is 0 Å². The first-order valence-corrected chi connectivity index (χ1v) is 6.62. The maximum absolute atomic E-state index is 9.45. The number of hydrogen-bond acceptors (Lipinski definition) is 3. The predicted octanol–water partition coefficient (Wildman–Crippen LogP) is 3.49. The molecule has 0 radical (unpaired) electrons. The standard InChI is InChI=1S/C12H19NOS/c1-8-3-5-10(6-4-8)12-13-7-11(15-12)9(2)14/h7-10,14H,3-6H2,1-2H3. The fraction of sp³-hybridized carbons (Fsp3) is 0.750. The van der Waals surface area contributed by atoms with E-state index in [1.807, 2.05) is 6.20 Å².